The molecule has 0 heterocycles. The lowest BCUT2D eigenvalue weighted by Gasteiger charge is -2.18. The molecule has 0 saturated carbocycles. The number of nitrogens with zero attached hydrogens (tertiary/aromatic N) is 1. The summed E-state index contributed by atoms with van der Waals surface area (Å²) in [5.41, 5.74) is 7.51. The zero-order valence-electron chi connectivity index (χ0n) is 19.4. The molecule has 168 valence electrons. The van der Waals surface area contributed by atoms with Crippen LogP contribution in [-0.4, -0.2) is 17.5 Å². The van der Waals surface area contributed by atoms with Gasteiger partial charge in [-0.05, 0) is 59.4 Å². The van der Waals surface area contributed by atoms with E-state index in [0.29, 0.717) is 17.0 Å². The Hall–Kier alpha value is -3.99. The Labute approximate surface area is 195 Å². The molecule has 0 atom stereocenters. The Morgan fingerprint density at radius 1 is 0.818 bits per heavy atom. The lowest BCUT2D eigenvalue weighted by Crippen LogP contribution is -2.20. The highest BCUT2D eigenvalue weighted by Crippen LogP contribution is 2.22. The minimum Gasteiger partial charge on any atom is -0.323 e. The van der Waals surface area contributed by atoms with Crippen LogP contribution in [0.3, 0.4) is 0 Å². The SMILES string of the molecule is C/C(=N/NC(=O)c1ccc(C(C)(C)C)cc1)c1ccc(NC(=O)/C=C/c2ccccc2)cc1. The molecular weight excluding hydrogens is 410 g/mol. The van der Waals surface area contributed by atoms with Gasteiger partial charge in [-0.15, -0.1) is 0 Å². The Morgan fingerprint density at radius 2 is 1.42 bits per heavy atom. The third-order valence-electron chi connectivity index (χ3n) is 5.14. The van der Waals surface area contributed by atoms with Crippen molar-refractivity contribution in [3.63, 3.8) is 0 Å². The summed E-state index contributed by atoms with van der Waals surface area (Å²) in [6.07, 6.45) is 3.26. The normalized spacial score (nSPS) is 11.9. The molecule has 0 spiro atoms. The van der Waals surface area contributed by atoms with Crippen molar-refractivity contribution in [1.29, 1.82) is 0 Å². The van der Waals surface area contributed by atoms with Gasteiger partial charge in [-0.2, -0.15) is 5.10 Å². The molecule has 2 amide bonds. The molecule has 0 saturated heterocycles. The first-order valence-corrected chi connectivity index (χ1v) is 10.8. The monoisotopic (exact) mass is 439 g/mol. The fourth-order valence-corrected chi connectivity index (χ4v) is 3.10. The van der Waals surface area contributed by atoms with E-state index >= 15 is 0 Å². The molecule has 0 fully saturated rings. The van der Waals surface area contributed by atoms with Gasteiger partial charge in [0.05, 0.1) is 5.71 Å². The van der Waals surface area contributed by atoms with E-state index in [1.54, 1.807) is 18.2 Å². The van der Waals surface area contributed by atoms with E-state index in [2.05, 4.69) is 36.6 Å². The van der Waals surface area contributed by atoms with Crippen LogP contribution in [0.25, 0.3) is 6.08 Å². The van der Waals surface area contributed by atoms with Gasteiger partial charge in [0.15, 0.2) is 0 Å². The summed E-state index contributed by atoms with van der Waals surface area (Å²) in [6, 6.07) is 24.5. The van der Waals surface area contributed by atoms with Crippen molar-refractivity contribution in [3.8, 4) is 0 Å². The highest BCUT2D eigenvalue weighted by molar-refractivity contribution is 6.03. The van der Waals surface area contributed by atoms with Crippen molar-refractivity contribution in [1.82, 2.24) is 5.43 Å². The number of hydrogen-bond donors (Lipinski definition) is 2. The van der Waals surface area contributed by atoms with E-state index in [-0.39, 0.29) is 17.2 Å². The van der Waals surface area contributed by atoms with E-state index in [1.807, 2.05) is 73.7 Å². The van der Waals surface area contributed by atoms with E-state index < -0.39 is 0 Å². The molecule has 0 aliphatic rings. The quantitative estimate of drug-likeness (QED) is 0.290. The second kappa shape index (κ2) is 10.6. The molecule has 0 aromatic heterocycles. The average molecular weight is 440 g/mol. The lowest BCUT2D eigenvalue weighted by molar-refractivity contribution is -0.111. The Balaban J connectivity index is 1.56. The third-order valence-corrected chi connectivity index (χ3v) is 5.14. The summed E-state index contributed by atoms with van der Waals surface area (Å²) in [4.78, 5) is 24.5. The van der Waals surface area contributed by atoms with Gasteiger partial charge < -0.3 is 5.32 Å². The third kappa shape index (κ3) is 7.01. The molecule has 33 heavy (non-hydrogen) atoms. The maximum atomic E-state index is 12.4. The van der Waals surface area contributed by atoms with E-state index in [9.17, 15) is 9.59 Å². The fourth-order valence-electron chi connectivity index (χ4n) is 3.10. The lowest BCUT2D eigenvalue weighted by atomic mass is 9.87. The van der Waals surface area contributed by atoms with Crippen LogP contribution >= 0.6 is 0 Å². The van der Waals surface area contributed by atoms with Crippen molar-refractivity contribution in [2.75, 3.05) is 5.32 Å². The van der Waals surface area contributed by atoms with Gasteiger partial charge in [0, 0.05) is 17.3 Å². The van der Waals surface area contributed by atoms with Crippen LogP contribution in [0.5, 0.6) is 0 Å². The maximum Gasteiger partial charge on any atom is 0.271 e. The summed E-state index contributed by atoms with van der Waals surface area (Å²) in [7, 11) is 0. The van der Waals surface area contributed by atoms with Gasteiger partial charge in [-0.1, -0.05) is 75.4 Å². The summed E-state index contributed by atoms with van der Waals surface area (Å²) >= 11 is 0. The first-order chi connectivity index (χ1) is 15.7. The summed E-state index contributed by atoms with van der Waals surface area (Å²) in [5.74, 6) is -0.467. The average Bonchev–Trinajstić information content (AvgIpc) is 2.81. The highest BCUT2D eigenvalue weighted by atomic mass is 16.2. The maximum absolute atomic E-state index is 12.4. The molecule has 3 aromatic rings. The molecule has 0 aliphatic carbocycles. The van der Waals surface area contributed by atoms with Crippen LogP contribution in [0, 0.1) is 0 Å². The van der Waals surface area contributed by atoms with Gasteiger partial charge in [0.2, 0.25) is 5.91 Å². The minimum absolute atomic E-state index is 0.0353. The van der Waals surface area contributed by atoms with Gasteiger partial charge in [-0.25, -0.2) is 5.43 Å². The zero-order chi connectivity index (χ0) is 23.8. The number of anilines is 1. The molecule has 0 radical (unpaired) electrons. The molecule has 0 bridgehead atoms. The molecule has 3 rings (SSSR count). The Kier molecular flexibility index (Phi) is 7.57. The molecule has 3 aromatic carbocycles. The zero-order valence-corrected chi connectivity index (χ0v) is 19.4. The van der Waals surface area contributed by atoms with Crippen molar-refractivity contribution in [2.24, 2.45) is 5.10 Å². The highest BCUT2D eigenvalue weighted by Gasteiger charge is 2.14. The van der Waals surface area contributed by atoms with Gasteiger partial charge >= 0.3 is 0 Å². The molecule has 5 heteroatoms. The number of hydrazone groups is 1. The van der Waals surface area contributed by atoms with Crippen molar-refractivity contribution in [2.45, 2.75) is 33.1 Å². The number of carbonyl (C=O) groups excluding carboxylic acids is 2. The number of hydrogen-bond acceptors (Lipinski definition) is 3. The molecule has 0 unspecified atom stereocenters. The van der Waals surface area contributed by atoms with Crippen LogP contribution < -0.4 is 10.7 Å². The smallest absolute Gasteiger partial charge is 0.271 e. The predicted octanol–water partition coefficient (Wildman–Crippen LogP) is 5.79. The second-order valence-corrected chi connectivity index (χ2v) is 8.78. The summed E-state index contributed by atoms with van der Waals surface area (Å²) in [5, 5.41) is 7.04. The Morgan fingerprint density at radius 3 is 2.03 bits per heavy atom. The van der Waals surface area contributed by atoms with Crippen LogP contribution in [-0.2, 0) is 10.2 Å². The molecule has 2 N–H and O–H groups in total. The summed E-state index contributed by atoms with van der Waals surface area (Å²) < 4.78 is 0. The van der Waals surface area contributed by atoms with Crippen LogP contribution in [0.4, 0.5) is 5.69 Å². The first kappa shape index (κ1) is 23.7. The minimum atomic E-state index is -0.260. The van der Waals surface area contributed by atoms with Gasteiger partial charge in [0.25, 0.3) is 5.91 Å². The largest absolute Gasteiger partial charge is 0.323 e. The fraction of sp³-hybridized carbons (Fsp3) is 0.179. The summed E-state index contributed by atoms with van der Waals surface area (Å²) in [6.45, 7) is 8.22. The molecule has 5 nitrogen and oxygen atoms in total. The number of rotatable bonds is 6. The molecular formula is C28H29N3O2. The second-order valence-electron chi connectivity index (χ2n) is 8.78. The van der Waals surface area contributed by atoms with E-state index in [0.717, 1.165) is 11.1 Å². The van der Waals surface area contributed by atoms with Crippen LogP contribution in [0.1, 0.15) is 54.7 Å². The predicted molar refractivity (Wildman–Crippen MR) is 135 cm³/mol. The van der Waals surface area contributed by atoms with Gasteiger partial charge in [0.1, 0.15) is 0 Å². The Bertz CT molecular complexity index is 1150. The van der Waals surface area contributed by atoms with Crippen molar-refractivity contribution < 1.29 is 9.59 Å². The number of amides is 2. The van der Waals surface area contributed by atoms with Crippen LogP contribution in [0.2, 0.25) is 0 Å². The first-order valence-electron chi connectivity index (χ1n) is 10.8. The van der Waals surface area contributed by atoms with Crippen LogP contribution in [0.15, 0.2) is 90.0 Å². The van der Waals surface area contributed by atoms with Gasteiger partial charge in [-0.3, -0.25) is 9.59 Å². The number of benzene rings is 3. The van der Waals surface area contributed by atoms with E-state index in [4.69, 9.17) is 0 Å². The van der Waals surface area contributed by atoms with Crippen molar-refractivity contribution in [3.05, 3.63) is 107 Å². The van der Waals surface area contributed by atoms with E-state index in [1.165, 1.54) is 11.6 Å². The number of nitrogens with one attached hydrogen (secondary N) is 2. The number of carbonyl (C=O) groups is 2. The molecule has 0 aliphatic heterocycles. The topological polar surface area (TPSA) is 70.6 Å². The van der Waals surface area contributed by atoms with Crippen molar-refractivity contribution >= 4 is 29.3 Å². The standard InChI is InChI=1S/C28H29N3O2/c1-20(30-31-27(33)23-11-15-24(16-12-23)28(2,3)4)22-13-17-25(18-14-22)29-26(32)19-10-21-8-6-5-7-9-21/h5-19H,1-4H3,(H,29,32)(H,31,33)/b19-10+,30-20-.